The van der Waals surface area contributed by atoms with Crippen molar-refractivity contribution in [3.8, 4) is 0 Å². The first-order valence-electron chi connectivity index (χ1n) is 6.50. The lowest BCUT2D eigenvalue weighted by Gasteiger charge is -2.10. The predicted octanol–water partition coefficient (Wildman–Crippen LogP) is 2.50. The molecule has 0 saturated heterocycles. The van der Waals surface area contributed by atoms with Gasteiger partial charge in [0.15, 0.2) is 0 Å². The fourth-order valence-corrected chi connectivity index (χ4v) is 3.64. The van der Waals surface area contributed by atoms with Crippen molar-refractivity contribution in [2.24, 2.45) is 0 Å². The minimum atomic E-state index is -3.90. The Kier molecular flexibility index (Phi) is 3.20. The lowest BCUT2D eigenvalue weighted by Crippen LogP contribution is -2.16. The van der Waals surface area contributed by atoms with Gasteiger partial charge in [0.25, 0.3) is 10.0 Å². The van der Waals surface area contributed by atoms with Crippen molar-refractivity contribution in [1.29, 1.82) is 0 Å². The highest BCUT2D eigenvalue weighted by atomic mass is 32.2. The number of aryl methyl sites for hydroxylation is 2. The molecule has 1 aromatic carbocycles. The molecule has 21 heavy (non-hydrogen) atoms. The number of benzene rings is 1. The molecule has 3 rings (SSSR count). The normalized spacial score (nSPS) is 15.2. The number of rotatable bonds is 4. The van der Waals surface area contributed by atoms with Gasteiger partial charge in [-0.05, 0) is 49.9 Å². The maximum Gasteiger partial charge on any atom is 0.329 e. The first-order valence-corrected chi connectivity index (χ1v) is 7.98. The number of anilines is 1. The molecule has 0 unspecified atom stereocenters. The zero-order chi connectivity index (χ0) is 15.2. The van der Waals surface area contributed by atoms with E-state index in [0.29, 0.717) is 17.0 Å². The Morgan fingerprint density at radius 2 is 1.86 bits per heavy atom. The molecule has 1 N–H and O–H groups in total. The van der Waals surface area contributed by atoms with Crippen LogP contribution in [-0.2, 0) is 10.0 Å². The minimum absolute atomic E-state index is 0.0232. The lowest BCUT2D eigenvalue weighted by molar-refractivity contribution is 0.510. The first kappa shape index (κ1) is 14.0. The van der Waals surface area contributed by atoms with Gasteiger partial charge in [0.2, 0.25) is 5.89 Å². The molecule has 2 aromatic rings. The predicted molar refractivity (Wildman–Crippen MR) is 73.0 cm³/mol. The van der Waals surface area contributed by atoms with Crippen LogP contribution in [0.25, 0.3) is 0 Å². The van der Waals surface area contributed by atoms with E-state index in [4.69, 9.17) is 4.42 Å². The van der Waals surface area contributed by atoms with Crippen molar-refractivity contribution in [2.45, 2.75) is 37.5 Å². The van der Waals surface area contributed by atoms with Gasteiger partial charge in [-0.3, -0.25) is 0 Å². The average Bonchev–Trinajstić information content (AvgIpc) is 3.09. The van der Waals surface area contributed by atoms with Gasteiger partial charge in [0.1, 0.15) is 5.82 Å². The van der Waals surface area contributed by atoms with Crippen LogP contribution in [0.15, 0.2) is 21.4 Å². The molecular weight excluding hydrogens is 297 g/mol. The van der Waals surface area contributed by atoms with Crippen LogP contribution in [-0.4, -0.2) is 18.6 Å². The molecular formula is C13H14FN3O3S. The molecule has 0 atom stereocenters. The molecule has 1 aromatic heterocycles. The Bertz CT molecular complexity index is 774. The van der Waals surface area contributed by atoms with Crippen molar-refractivity contribution in [2.75, 3.05) is 4.72 Å². The molecule has 0 amide bonds. The van der Waals surface area contributed by atoms with Crippen LogP contribution in [0, 0.1) is 19.7 Å². The van der Waals surface area contributed by atoms with Gasteiger partial charge in [-0.2, -0.15) is 0 Å². The van der Waals surface area contributed by atoms with Crippen molar-refractivity contribution in [3.05, 3.63) is 35.0 Å². The summed E-state index contributed by atoms with van der Waals surface area (Å²) in [6.45, 7) is 3.07. The van der Waals surface area contributed by atoms with E-state index in [1.165, 1.54) is 26.0 Å². The van der Waals surface area contributed by atoms with E-state index >= 15 is 0 Å². The summed E-state index contributed by atoms with van der Waals surface area (Å²) < 4.78 is 45.6. The standard InChI is InChI=1S/C13H14FN3O3S/c1-7-5-10(14)6-8(2)11(7)21(18,19)17-13-16-15-12(20-13)9-3-4-9/h5-6,9H,3-4H2,1-2H3,(H,16,17). The molecule has 1 aliphatic rings. The van der Waals surface area contributed by atoms with Gasteiger partial charge < -0.3 is 4.42 Å². The third-order valence-electron chi connectivity index (χ3n) is 3.28. The number of aromatic nitrogens is 2. The van der Waals surface area contributed by atoms with Gasteiger partial charge in [-0.25, -0.2) is 17.5 Å². The molecule has 1 aliphatic carbocycles. The average molecular weight is 311 g/mol. The third kappa shape index (κ3) is 2.76. The maximum atomic E-state index is 13.3. The summed E-state index contributed by atoms with van der Waals surface area (Å²) in [5.74, 6) is 0.211. The number of sulfonamides is 1. The Balaban J connectivity index is 1.92. The molecule has 6 nitrogen and oxygen atoms in total. The summed E-state index contributed by atoms with van der Waals surface area (Å²) in [6, 6.07) is 2.18. The van der Waals surface area contributed by atoms with E-state index in [1.54, 1.807) is 0 Å². The third-order valence-corrected chi connectivity index (χ3v) is 4.91. The number of halogens is 1. The second-order valence-corrected chi connectivity index (χ2v) is 6.81. The first-order chi connectivity index (χ1) is 9.87. The number of nitrogens with one attached hydrogen (secondary N) is 1. The van der Waals surface area contributed by atoms with Crippen molar-refractivity contribution < 1.29 is 17.2 Å². The molecule has 0 bridgehead atoms. The highest BCUT2D eigenvalue weighted by molar-refractivity contribution is 7.92. The smallest absolute Gasteiger partial charge is 0.329 e. The van der Waals surface area contributed by atoms with E-state index < -0.39 is 15.8 Å². The SMILES string of the molecule is Cc1cc(F)cc(C)c1S(=O)(=O)Nc1nnc(C2CC2)o1. The zero-order valence-electron chi connectivity index (χ0n) is 11.6. The Hall–Kier alpha value is -1.96. The van der Waals surface area contributed by atoms with E-state index in [9.17, 15) is 12.8 Å². The van der Waals surface area contributed by atoms with Crippen LogP contribution in [0.5, 0.6) is 0 Å². The number of hydrogen-bond donors (Lipinski definition) is 1. The van der Waals surface area contributed by atoms with Crippen LogP contribution < -0.4 is 4.72 Å². The van der Waals surface area contributed by atoms with Crippen LogP contribution >= 0.6 is 0 Å². The van der Waals surface area contributed by atoms with E-state index in [1.807, 2.05) is 0 Å². The molecule has 1 fully saturated rings. The number of nitrogens with zero attached hydrogens (tertiary/aromatic N) is 2. The summed E-state index contributed by atoms with van der Waals surface area (Å²) >= 11 is 0. The molecule has 0 aliphatic heterocycles. The van der Waals surface area contributed by atoms with Crippen LogP contribution in [0.2, 0.25) is 0 Å². The molecule has 0 radical (unpaired) electrons. The van der Waals surface area contributed by atoms with Gasteiger partial charge in [-0.1, -0.05) is 5.10 Å². The molecule has 0 spiro atoms. The molecule has 8 heteroatoms. The van der Waals surface area contributed by atoms with Gasteiger partial charge >= 0.3 is 6.01 Å². The second-order valence-electron chi connectivity index (χ2n) is 5.19. The van der Waals surface area contributed by atoms with Gasteiger partial charge in [0.05, 0.1) is 4.90 Å². The summed E-state index contributed by atoms with van der Waals surface area (Å²) in [5, 5.41) is 7.50. The minimum Gasteiger partial charge on any atom is -0.407 e. The largest absolute Gasteiger partial charge is 0.407 e. The molecule has 1 saturated carbocycles. The summed E-state index contributed by atoms with van der Waals surface area (Å²) in [7, 11) is -3.90. The highest BCUT2D eigenvalue weighted by Gasteiger charge is 2.30. The molecule has 112 valence electrons. The quantitative estimate of drug-likeness (QED) is 0.937. The lowest BCUT2D eigenvalue weighted by atomic mass is 10.1. The fourth-order valence-electron chi connectivity index (χ4n) is 2.26. The van der Waals surface area contributed by atoms with Crippen molar-refractivity contribution in [3.63, 3.8) is 0 Å². The van der Waals surface area contributed by atoms with E-state index in [-0.39, 0.29) is 16.8 Å². The van der Waals surface area contributed by atoms with E-state index in [2.05, 4.69) is 14.9 Å². The fraction of sp³-hybridized carbons (Fsp3) is 0.385. The van der Waals surface area contributed by atoms with Crippen molar-refractivity contribution >= 4 is 16.0 Å². The monoisotopic (exact) mass is 311 g/mol. The maximum absolute atomic E-state index is 13.3. The van der Waals surface area contributed by atoms with Gasteiger partial charge in [-0.15, -0.1) is 5.10 Å². The zero-order valence-corrected chi connectivity index (χ0v) is 12.4. The Morgan fingerprint density at radius 1 is 1.24 bits per heavy atom. The number of hydrogen-bond acceptors (Lipinski definition) is 5. The second kappa shape index (κ2) is 4.80. The van der Waals surface area contributed by atoms with Crippen molar-refractivity contribution in [1.82, 2.24) is 10.2 Å². The van der Waals surface area contributed by atoms with Gasteiger partial charge in [0, 0.05) is 5.92 Å². The summed E-state index contributed by atoms with van der Waals surface area (Å²) in [5.41, 5.74) is 0.642. The Morgan fingerprint density at radius 3 is 2.43 bits per heavy atom. The van der Waals surface area contributed by atoms with Crippen LogP contribution in [0.1, 0.15) is 35.8 Å². The Labute approximate surface area is 121 Å². The van der Waals surface area contributed by atoms with Crippen LogP contribution in [0.3, 0.4) is 0 Å². The summed E-state index contributed by atoms with van der Waals surface area (Å²) in [4.78, 5) is 0.0232. The van der Waals surface area contributed by atoms with E-state index in [0.717, 1.165) is 12.8 Å². The topological polar surface area (TPSA) is 85.1 Å². The summed E-state index contributed by atoms with van der Waals surface area (Å²) in [6.07, 6.45) is 1.95. The highest BCUT2D eigenvalue weighted by Crippen LogP contribution is 2.39. The van der Waals surface area contributed by atoms with Crippen LogP contribution in [0.4, 0.5) is 10.4 Å². The molecule has 1 heterocycles.